The Morgan fingerprint density at radius 3 is 2.59 bits per heavy atom. The number of carbonyl (C=O) groups is 1. The Balaban J connectivity index is 1.49. The van der Waals surface area contributed by atoms with Crippen LogP contribution in [0.2, 0.25) is 5.02 Å². The second kappa shape index (κ2) is 8.24. The molecule has 0 saturated heterocycles. The number of hydrogen-bond acceptors (Lipinski definition) is 5. The molecule has 0 aliphatic carbocycles. The molecule has 158 valence electrons. The van der Waals surface area contributed by atoms with Gasteiger partial charge in [0.1, 0.15) is 12.1 Å². The summed E-state index contributed by atoms with van der Waals surface area (Å²) >= 11 is 5.93. The molecule has 3 aromatic heterocycles. The Labute approximate surface area is 188 Å². The number of rotatable bonds is 5. The standard InChI is InChI=1S/C23H18ClN7O/c1-15-11-20(28-21(32)12-16-7-9-17(24)10-8-16)31(29-15)23-19-13-27-30(22(19)25-14-26-23)18-5-3-2-4-6-18/h2-11,13-14H,12H2,1H3,(H,28,32). The van der Waals surface area contributed by atoms with E-state index in [-0.39, 0.29) is 12.3 Å². The molecule has 8 nitrogen and oxygen atoms in total. The van der Waals surface area contributed by atoms with E-state index in [1.807, 2.05) is 49.4 Å². The van der Waals surface area contributed by atoms with Gasteiger partial charge < -0.3 is 5.32 Å². The highest BCUT2D eigenvalue weighted by molar-refractivity contribution is 6.30. The molecule has 0 spiro atoms. The zero-order valence-electron chi connectivity index (χ0n) is 17.1. The number of fused-ring (bicyclic) bond motifs is 1. The summed E-state index contributed by atoms with van der Waals surface area (Å²) in [5, 5.41) is 13.3. The van der Waals surface area contributed by atoms with Crippen molar-refractivity contribution in [1.29, 1.82) is 0 Å². The molecular formula is C23H18ClN7O. The zero-order chi connectivity index (χ0) is 22.1. The third kappa shape index (κ3) is 3.83. The summed E-state index contributed by atoms with van der Waals surface area (Å²) in [7, 11) is 0. The van der Waals surface area contributed by atoms with Crippen molar-refractivity contribution in [2.75, 3.05) is 5.32 Å². The summed E-state index contributed by atoms with van der Waals surface area (Å²) in [5.41, 5.74) is 3.14. The maximum atomic E-state index is 12.7. The molecule has 0 aliphatic rings. The molecular weight excluding hydrogens is 426 g/mol. The number of aryl methyl sites for hydroxylation is 1. The third-order valence-electron chi connectivity index (χ3n) is 4.92. The van der Waals surface area contributed by atoms with Crippen LogP contribution in [-0.4, -0.2) is 35.4 Å². The average Bonchev–Trinajstić information content (AvgIpc) is 3.39. The normalized spacial score (nSPS) is 11.1. The van der Waals surface area contributed by atoms with Crippen LogP contribution >= 0.6 is 11.6 Å². The molecule has 0 radical (unpaired) electrons. The summed E-state index contributed by atoms with van der Waals surface area (Å²) in [6, 6.07) is 18.7. The van der Waals surface area contributed by atoms with Crippen LogP contribution in [-0.2, 0) is 11.2 Å². The third-order valence-corrected chi connectivity index (χ3v) is 5.18. The molecule has 0 fully saturated rings. The van der Waals surface area contributed by atoms with E-state index >= 15 is 0 Å². The van der Waals surface area contributed by atoms with Crippen molar-refractivity contribution < 1.29 is 4.79 Å². The average molecular weight is 444 g/mol. The maximum absolute atomic E-state index is 12.7. The monoisotopic (exact) mass is 443 g/mol. The Bertz CT molecular complexity index is 1410. The first-order valence-electron chi connectivity index (χ1n) is 9.94. The van der Waals surface area contributed by atoms with Gasteiger partial charge in [-0.25, -0.2) is 14.6 Å². The van der Waals surface area contributed by atoms with Gasteiger partial charge in [0.2, 0.25) is 5.91 Å². The molecule has 2 aromatic carbocycles. The summed E-state index contributed by atoms with van der Waals surface area (Å²) in [6.45, 7) is 1.86. The number of amides is 1. The van der Waals surface area contributed by atoms with Crippen LogP contribution in [0.1, 0.15) is 11.3 Å². The van der Waals surface area contributed by atoms with Crippen LogP contribution in [0.25, 0.3) is 22.5 Å². The lowest BCUT2D eigenvalue weighted by Crippen LogP contribution is -2.17. The Morgan fingerprint density at radius 1 is 1.03 bits per heavy atom. The number of halogens is 1. The molecule has 0 unspecified atom stereocenters. The van der Waals surface area contributed by atoms with Crippen LogP contribution in [0, 0.1) is 6.92 Å². The van der Waals surface area contributed by atoms with Gasteiger partial charge in [0, 0.05) is 11.1 Å². The fourth-order valence-electron chi connectivity index (χ4n) is 3.48. The molecule has 5 aromatic rings. The molecule has 0 bridgehead atoms. The van der Waals surface area contributed by atoms with Gasteiger partial charge in [-0.05, 0) is 36.8 Å². The van der Waals surface area contributed by atoms with E-state index in [1.54, 1.807) is 33.8 Å². The number of anilines is 1. The van der Waals surface area contributed by atoms with Gasteiger partial charge >= 0.3 is 0 Å². The minimum atomic E-state index is -0.168. The number of para-hydroxylation sites is 1. The molecule has 1 N–H and O–H groups in total. The first-order chi connectivity index (χ1) is 15.6. The van der Waals surface area contributed by atoms with Gasteiger partial charge in [-0.15, -0.1) is 0 Å². The Morgan fingerprint density at radius 2 is 1.81 bits per heavy atom. The maximum Gasteiger partial charge on any atom is 0.229 e. The minimum Gasteiger partial charge on any atom is -0.310 e. The molecule has 5 rings (SSSR count). The highest BCUT2D eigenvalue weighted by Gasteiger charge is 2.17. The molecule has 9 heteroatoms. The summed E-state index contributed by atoms with van der Waals surface area (Å²) in [6.07, 6.45) is 3.38. The van der Waals surface area contributed by atoms with Gasteiger partial charge in [0.05, 0.1) is 29.4 Å². The topological polar surface area (TPSA) is 90.5 Å². The predicted octanol–water partition coefficient (Wildman–Crippen LogP) is 4.14. The van der Waals surface area contributed by atoms with Crippen LogP contribution in [0.5, 0.6) is 0 Å². The lowest BCUT2D eigenvalue weighted by atomic mass is 10.1. The van der Waals surface area contributed by atoms with E-state index in [9.17, 15) is 4.79 Å². The van der Waals surface area contributed by atoms with Gasteiger partial charge in [-0.1, -0.05) is 41.9 Å². The van der Waals surface area contributed by atoms with Gasteiger partial charge in [0.25, 0.3) is 0 Å². The van der Waals surface area contributed by atoms with E-state index in [1.165, 1.54) is 6.33 Å². The molecule has 0 aliphatic heterocycles. The fourth-order valence-corrected chi connectivity index (χ4v) is 3.61. The van der Waals surface area contributed by atoms with E-state index < -0.39 is 0 Å². The number of nitrogens with one attached hydrogen (secondary N) is 1. The highest BCUT2D eigenvalue weighted by Crippen LogP contribution is 2.24. The van der Waals surface area contributed by atoms with Crippen LogP contribution < -0.4 is 5.32 Å². The Hall–Kier alpha value is -4.04. The van der Waals surface area contributed by atoms with Gasteiger partial charge in [-0.3, -0.25) is 4.79 Å². The number of nitrogens with zero attached hydrogens (tertiary/aromatic N) is 6. The number of benzene rings is 2. The quantitative estimate of drug-likeness (QED) is 0.440. The fraction of sp³-hybridized carbons (Fsp3) is 0.0870. The first-order valence-corrected chi connectivity index (χ1v) is 10.3. The number of carbonyl (C=O) groups excluding carboxylic acids is 1. The molecule has 3 heterocycles. The SMILES string of the molecule is Cc1cc(NC(=O)Cc2ccc(Cl)cc2)n(-c2ncnc3c2cnn3-c2ccccc2)n1. The van der Waals surface area contributed by atoms with E-state index in [4.69, 9.17) is 11.6 Å². The van der Waals surface area contributed by atoms with E-state index in [0.717, 1.165) is 16.9 Å². The van der Waals surface area contributed by atoms with Crippen molar-refractivity contribution in [1.82, 2.24) is 29.5 Å². The second-order valence-corrected chi connectivity index (χ2v) is 7.70. The van der Waals surface area contributed by atoms with Crippen molar-refractivity contribution >= 4 is 34.4 Å². The van der Waals surface area contributed by atoms with Crippen molar-refractivity contribution in [3.8, 4) is 11.5 Å². The number of hydrogen-bond donors (Lipinski definition) is 1. The minimum absolute atomic E-state index is 0.168. The van der Waals surface area contributed by atoms with Crippen LogP contribution in [0.3, 0.4) is 0 Å². The predicted molar refractivity (Wildman–Crippen MR) is 122 cm³/mol. The van der Waals surface area contributed by atoms with Crippen molar-refractivity contribution in [2.24, 2.45) is 0 Å². The van der Waals surface area contributed by atoms with Crippen LogP contribution in [0.15, 0.2) is 73.2 Å². The van der Waals surface area contributed by atoms with Crippen molar-refractivity contribution in [3.63, 3.8) is 0 Å². The second-order valence-electron chi connectivity index (χ2n) is 7.26. The zero-order valence-corrected chi connectivity index (χ0v) is 17.9. The number of aromatic nitrogens is 6. The lowest BCUT2D eigenvalue weighted by Gasteiger charge is -2.09. The highest BCUT2D eigenvalue weighted by atomic mass is 35.5. The van der Waals surface area contributed by atoms with Crippen LogP contribution in [0.4, 0.5) is 5.82 Å². The van der Waals surface area contributed by atoms with Gasteiger partial charge in [0.15, 0.2) is 11.5 Å². The molecule has 32 heavy (non-hydrogen) atoms. The van der Waals surface area contributed by atoms with Crippen molar-refractivity contribution in [2.45, 2.75) is 13.3 Å². The summed E-state index contributed by atoms with van der Waals surface area (Å²) in [5.74, 6) is 0.889. The first kappa shape index (κ1) is 19.9. The van der Waals surface area contributed by atoms with Crippen molar-refractivity contribution in [3.05, 3.63) is 89.5 Å². The largest absolute Gasteiger partial charge is 0.310 e. The molecule has 0 saturated carbocycles. The summed E-state index contributed by atoms with van der Waals surface area (Å²) in [4.78, 5) is 21.5. The lowest BCUT2D eigenvalue weighted by molar-refractivity contribution is -0.115. The molecule has 0 atom stereocenters. The van der Waals surface area contributed by atoms with E-state index in [0.29, 0.717) is 27.7 Å². The Kier molecular flexibility index (Phi) is 5.12. The van der Waals surface area contributed by atoms with E-state index in [2.05, 4.69) is 25.5 Å². The summed E-state index contributed by atoms with van der Waals surface area (Å²) < 4.78 is 3.35. The van der Waals surface area contributed by atoms with Gasteiger partial charge in [-0.2, -0.15) is 14.9 Å². The smallest absolute Gasteiger partial charge is 0.229 e. The molecule has 1 amide bonds.